The molecular formula is C33H36N2O6. The molecule has 2 aliphatic rings. The smallest absolute Gasteiger partial charge is 0.407 e. The SMILES string of the molecule is C[C@@H](OCc1ccccc1)[C@H](NC(=O)C1(CNC(=O)OCC2c3ccccc3-c3ccccc32)CCCC1)C(=O)O. The lowest BCUT2D eigenvalue weighted by Crippen LogP contribution is -2.55. The van der Waals surface area contributed by atoms with Crippen molar-refractivity contribution in [2.24, 2.45) is 5.41 Å². The van der Waals surface area contributed by atoms with Crippen LogP contribution in [0.1, 0.15) is 55.2 Å². The number of carboxylic acid groups (broad SMARTS) is 1. The van der Waals surface area contributed by atoms with E-state index in [2.05, 4.69) is 34.9 Å². The van der Waals surface area contributed by atoms with Crippen molar-refractivity contribution in [2.75, 3.05) is 13.2 Å². The predicted molar refractivity (Wildman–Crippen MR) is 154 cm³/mol. The summed E-state index contributed by atoms with van der Waals surface area (Å²) in [6, 6.07) is 24.5. The second-order valence-corrected chi connectivity index (χ2v) is 11.0. The zero-order valence-electron chi connectivity index (χ0n) is 23.2. The Morgan fingerprint density at radius 3 is 2.10 bits per heavy atom. The third-order valence-corrected chi connectivity index (χ3v) is 8.33. The molecule has 2 amide bonds. The molecule has 0 heterocycles. The molecule has 3 aromatic rings. The summed E-state index contributed by atoms with van der Waals surface area (Å²) in [7, 11) is 0. The van der Waals surface area contributed by atoms with Gasteiger partial charge in [0.25, 0.3) is 0 Å². The fourth-order valence-electron chi connectivity index (χ4n) is 6.00. The quantitative estimate of drug-likeness (QED) is 0.297. The fraction of sp³-hybridized carbons (Fsp3) is 0.364. The molecule has 5 rings (SSSR count). The molecule has 0 aliphatic heterocycles. The highest BCUT2D eigenvalue weighted by atomic mass is 16.5. The van der Waals surface area contributed by atoms with Crippen molar-refractivity contribution >= 4 is 18.0 Å². The van der Waals surface area contributed by atoms with Gasteiger partial charge in [-0.3, -0.25) is 4.79 Å². The summed E-state index contributed by atoms with van der Waals surface area (Å²) in [5.74, 6) is -1.63. The Kier molecular flexibility index (Phi) is 8.69. The van der Waals surface area contributed by atoms with Crippen molar-refractivity contribution < 1.29 is 29.0 Å². The molecule has 41 heavy (non-hydrogen) atoms. The topological polar surface area (TPSA) is 114 Å². The number of alkyl carbamates (subject to hydrolysis) is 1. The molecule has 3 N–H and O–H groups in total. The molecule has 2 atom stereocenters. The number of carboxylic acids is 1. The Labute approximate surface area is 240 Å². The van der Waals surface area contributed by atoms with Crippen molar-refractivity contribution in [2.45, 2.75) is 57.3 Å². The van der Waals surface area contributed by atoms with E-state index in [1.165, 1.54) is 0 Å². The van der Waals surface area contributed by atoms with Gasteiger partial charge in [0.05, 0.1) is 18.1 Å². The maximum absolute atomic E-state index is 13.5. The summed E-state index contributed by atoms with van der Waals surface area (Å²) in [5, 5.41) is 15.4. The molecule has 214 valence electrons. The highest BCUT2D eigenvalue weighted by molar-refractivity contribution is 5.88. The van der Waals surface area contributed by atoms with Gasteiger partial charge in [-0.1, -0.05) is 91.7 Å². The van der Waals surface area contributed by atoms with E-state index in [4.69, 9.17) is 9.47 Å². The van der Waals surface area contributed by atoms with Gasteiger partial charge in [-0.25, -0.2) is 9.59 Å². The Bertz CT molecular complexity index is 1340. The molecule has 0 aromatic heterocycles. The van der Waals surface area contributed by atoms with Crippen molar-refractivity contribution in [3.05, 3.63) is 95.6 Å². The van der Waals surface area contributed by atoms with Crippen LogP contribution in [0, 0.1) is 5.41 Å². The second-order valence-electron chi connectivity index (χ2n) is 11.0. The molecule has 0 radical (unpaired) electrons. The molecule has 8 nitrogen and oxygen atoms in total. The first-order chi connectivity index (χ1) is 19.9. The normalized spacial score (nSPS) is 16.7. The average Bonchev–Trinajstić information content (AvgIpc) is 3.61. The van der Waals surface area contributed by atoms with Gasteiger partial charge in [0.2, 0.25) is 5.91 Å². The van der Waals surface area contributed by atoms with Crippen LogP contribution in [0.2, 0.25) is 0 Å². The molecule has 2 aliphatic carbocycles. The van der Waals surface area contributed by atoms with Crippen LogP contribution in [0.4, 0.5) is 4.79 Å². The molecule has 0 unspecified atom stereocenters. The number of hydrogen-bond donors (Lipinski definition) is 3. The molecule has 3 aromatic carbocycles. The molecular weight excluding hydrogens is 520 g/mol. The third-order valence-electron chi connectivity index (χ3n) is 8.33. The van der Waals surface area contributed by atoms with Gasteiger partial charge < -0.3 is 25.2 Å². The molecule has 1 fully saturated rings. The molecule has 1 saturated carbocycles. The van der Waals surface area contributed by atoms with E-state index >= 15 is 0 Å². The minimum atomic E-state index is -1.22. The van der Waals surface area contributed by atoms with Crippen LogP contribution in [-0.2, 0) is 25.7 Å². The van der Waals surface area contributed by atoms with Crippen LogP contribution < -0.4 is 10.6 Å². The van der Waals surface area contributed by atoms with Crippen LogP contribution in [0.5, 0.6) is 0 Å². The Morgan fingerprint density at radius 1 is 0.902 bits per heavy atom. The largest absolute Gasteiger partial charge is 0.480 e. The molecule has 0 spiro atoms. The van der Waals surface area contributed by atoms with E-state index in [0.29, 0.717) is 12.8 Å². The lowest BCUT2D eigenvalue weighted by Gasteiger charge is -2.31. The Balaban J connectivity index is 1.18. The Hall–Kier alpha value is -4.17. The van der Waals surface area contributed by atoms with E-state index in [1.807, 2.05) is 54.6 Å². The van der Waals surface area contributed by atoms with E-state index in [0.717, 1.165) is 40.7 Å². The number of carbonyl (C=O) groups excluding carboxylic acids is 2. The van der Waals surface area contributed by atoms with E-state index in [-0.39, 0.29) is 25.7 Å². The van der Waals surface area contributed by atoms with Crippen molar-refractivity contribution in [1.82, 2.24) is 10.6 Å². The third kappa shape index (κ3) is 6.28. The number of benzene rings is 3. The zero-order chi connectivity index (χ0) is 28.8. The van der Waals surface area contributed by atoms with Gasteiger partial charge in [0, 0.05) is 12.5 Å². The summed E-state index contributed by atoms with van der Waals surface area (Å²) < 4.78 is 11.5. The molecule has 8 heteroatoms. The average molecular weight is 557 g/mol. The fourth-order valence-corrected chi connectivity index (χ4v) is 6.00. The number of carbonyl (C=O) groups is 3. The minimum absolute atomic E-state index is 0.0643. The maximum Gasteiger partial charge on any atom is 0.407 e. The van der Waals surface area contributed by atoms with E-state index < -0.39 is 35.5 Å². The highest BCUT2D eigenvalue weighted by Gasteiger charge is 2.43. The van der Waals surface area contributed by atoms with E-state index in [9.17, 15) is 19.5 Å². The van der Waals surface area contributed by atoms with Crippen LogP contribution >= 0.6 is 0 Å². The number of ether oxygens (including phenoxy) is 2. The summed E-state index contributed by atoms with van der Waals surface area (Å²) in [4.78, 5) is 38.4. The van der Waals surface area contributed by atoms with Crippen molar-refractivity contribution in [3.8, 4) is 11.1 Å². The number of aliphatic carboxylic acids is 1. The lowest BCUT2D eigenvalue weighted by atomic mass is 9.84. The first-order valence-electron chi connectivity index (χ1n) is 14.2. The summed E-state index contributed by atoms with van der Waals surface area (Å²) in [5.41, 5.74) is 4.54. The number of hydrogen-bond acceptors (Lipinski definition) is 5. The van der Waals surface area contributed by atoms with Gasteiger partial charge in [-0.2, -0.15) is 0 Å². The Morgan fingerprint density at radius 2 is 1.49 bits per heavy atom. The highest BCUT2D eigenvalue weighted by Crippen LogP contribution is 2.44. The predicted octanol–water partition coefficient (Wildman–Crippen LogP) is 5.26. The standard InChI is InChI=1S/C33H36N2O6/c1-22(40-19-23-11-3-2-4-12-23)29(30(36)37)35-31(38)33(17-9-10-18-33)21-34-32(39)41-20-28-26-15-7-5-13-24(26)25-14-6-8-16-27(25)28/h2-8,11-16,22,28-29H,9-10,17-21H2,1H3,(H,34,39)(H,35,38)(H,36,37)/t22-,29+/m1/s1. The maximum atomic E-state index is 13.5. The van der Waals surface area contributed by atoms with Gasteiger partial charge in [-0.05, 0) is 47.6 Å². The number of rotatable bonds is 11. The molecule has 0 saturated heterocycles. The van der Waals surface area contributed by atoms with Crippen molar-refractivity contribution in [1.29, 1.82) is 0 Å². The van der Waals surface area contributed by atoms with Gasteiger partial charge in [0.15, 0.2) is 6.04 Å². The van der Waals surface area contributed by atoms with Gasteiger partial charge in [0.1, 0.15) is 6.61 Å². The van der Waals surface area contributed by atoms with Crippen LogP contribution in [0.3, 0.4) is 0 Å². The lowest BCUT2D eigenvalue weighted by molar-refractivity contribution is -0.148. The molecule has 0 bridgehead atoms. The van der Waals surface area contributed by atoms with Crippen LogP contribution in [0.25, 0.3) is 11.1 Å². The summed E-state index contributed by atoms with van der Waals surface area (Å²) >= 11 is 0. The summed E-state index contributed by atoms with van der Waals surface area (Å²) in [6.45, 7) is 2.12. The minimum Gasteiger partial charge on any atom is -0.480 e. The summed E-state index contributed by atoms with van der Waals surface area (Å²) in [6.07, 6.45) is 1.38. The van der Waals surface area contributed by atoms with Gasteiger partial charge in [-0.15, -0.1) is 0 Å². The second kappa shape index (κ2) is 12.6. The monoisotopic (exact) mass is 556 g/mol. The number of fused-ring (bicyclic) bond motifs is 3. The number of amides is 2. The zero-order valence-corrected chi connectivity index (χ0v) is 23.2. The van der Waals surface area contributed by atoms with Crippen LogP contribution in [-0.4, -0.2) is 48.4 Å². The number of nitrogens with one attached hydrogen (secondary N) is 2. The van der Waals surface area contributed by atoms with Crippen molar-refractivity contribution in [3.63, 3.8) is 0 Å². The first kappa shape index (κ1) is 28.4. The first-order valence-corrected chi connectivity index (χ1v) is 14.2. The van der Waals surface area contributed by atoms with Crippen LogP contribution in [0.15, 0.2) is 78.9 Å². The van der Waals surface area contributed by atoms with E-state index in [1.54, 1.807) is 6.92 Å². The van der Waals surface area contributed by atoms with Gasteiger partial charge >= 0.3 is 12.1 Å².